The van der Waals surface area contributed by atoms with E-state index in [4.69, 9.17) is 14.2 Å². The number of para-hydroxylation sites is 2. The zero-order valence-corrected chi connectivity index (χ0v) is 16.7. The quantitative estimate of drug-likeness (QED) is 0.488. The third-order valence-corrected chi connectivity index (χ3v) is 6.77. The molecule has 0 saturated carbocycles. The maximum absolute atomic E-state index is 12.6. The number of nitrogens with zero attached hydrogens (tertiary/aromatic N) is 2. The Balaban J connectivity index is 1.52. The number of thioether (sulfide) groups is 1. The highest BCUT2D eigenvalue weighted by atomic mass is 32.2. The van der Waals surface area contributed by atoms with Crippen molar-refractivity contribution in [1.82, 2.24) is 9.29 Å². The van der Waals surface area contributed by atoms with Crippen molar-refractivity contribution in [3.8, 4) is 11.5 Å². The number of pyridine rings is 1. The number of ether oxygens (including phenoxy) is 3. The SMILES string of the molecule is COc1ccccc1OCCSc1ccc(S(=O)(=O)N2CCOCC2)cn1. The predicted octanol–water partition coefficient (Wildman–Crippen LogP) is 2.28. The van der Waals surface area contributed by atoms with Crippen LogP contribution in [0.4, 0.5) is 0 Å². The minimum atomic E-state index is -3.50. The molecule has 27 heavy (non-hydrogen) atoms. The molecule has 1 aromatic heterocycles. The van der Waals surface area contributed by atoms with Gasteiger partial charge in [-0.25, -0.2) is 13.4 Å². The topological polar surface area (TPSA) is 78.0 Å². The summed E-state index contributed by atoms with van der Waals surface area (Å²) in [7, 11) is -1.90. The molecule has 0 bridgehead atoms. The molecule has 0 amide bonds. The molecule has 7 nitrogen and oxygen atoms in total. The van der Waals surface area contributed by atoms with Crippen molar-refractivity contribution in [2.75, 3.05) is 45.8 Å². The molecule has 0 unspecified atom stereocenters. The Hall–Kier alpha value is -1.81. The van der Waals surface area contributed by atoms with Gasteiger partial charge in [0.05, 0.1) is 32.0 Å². The summed E-state index contributed by atoms with van der Waals surface area (Å²) in [6.07, 6.45) is 1.41. The van der Waals surface area contributed by atoms with Crippen LogP contribution in [-0.2, 0) is 14.8 Å². The first kappa shape index (κ1) is 19.9. The minimum absolute atomic E-state index is 0.207. The van der Waals surface area contributed by atoms with Crippen molar-refractivity contribution in [3.63, 3.8) is 0 Å². The molecule has 1 aliphatic heterocycles. The van der Waals surface area contributed by atoms with Gasteiger partial charge in [0.2, 0.25) is 10.0 Å². The van der Waals surface area contributed by atoms with Crippen LogP contribution in [0.1, 0.15) is 0 Å². The van der Waals surface area contributed by atoms with E-state index in [1.54, 1.807) is 19.2 Å². The Morgan fingerprint density at radius 2 is 1.89 bits per heavy atom. The molecule has 2 heterocycles. The molecule has 1 saturated heterocycles. The second-order valence-corrected chi connectivity index (χ2v) is 8.75. The fourth-order valence-electron chi connectivity index (χ4n) is 2.58. The molecule has 0 spiro atoms. The van der Waals surface area contributed by atoms with E-state index >= 15 is 0 Å². The van der Waals surface area contributed by atoms with Crippen molar-refractivity contribution >= 4 is 21.8 Å². The first-order valence-corrected chi connectivity index (χ1v) is 11.0. The van der Waals surface area contributed by atoms with E-state index < -0.39 is 10.0 Å². The number of benzene rings is 1. The monoisotopic (exact) mass is 410 g/mol. The van der Waals surface area contributed by atoms with Crippen LogP contribution in [0, 0.1) is 0 Å². The second-order valence-electron chi connectivity index (χ2n) is 5.70. The summed E-state index contributed by atoms with van der Waals surface area (Å²) in [5.41, 5.74) is 0. The van der Waals surface area contributed by atoms with Crippen molar-refractivity contribution in [1.29, 1.82) is 0 Å². The van der Waals surface area contributed by atoms with Crippen molar-refractivity contribution in [3.05, 3.63) is 42.6 Å². The lowest BCUT2D eigenvalue weighted by atomic mass is 10.3. The van der Waals surface area contributed by atoms with E-state index in [2.05, 4.69) is 4.98 Å². The smallest absolute Gasteiger partial charge is 0.244 e. The molecule has 1 aromatic carbocycles. The van der Waals surface area contributed by atoms with Crippen LogP contribution in [-0.4, -0.2) is 63.5 Å². The van der Waals surface area contributed by atoms with Crippen LogP contribution >= 0.6 is 11.8 Å². The van der Waals surface area contributed by atoms with Gasteiger partial charge in [0, 0.05) is 25.0 Å². The Kier molecular flexibility index (Phi) is 6.95. The standard InChI is InChI=1S/C18H22N2O5S2/c1-23-16-4-2-3-5-17(16)25-12-13-26-18-7-6-15(14-19-18)27(21,22)20-8-10-24-11-9-20/h2-7,14H,8-13H2,1H3. The van der Waals surface area contributed by atoms with E-state index in [0.29, 0.717) is 50.2 Å². The Bertz CT molecular complexity index is 837. The highest BCUT2D eigenvalue weighted by molar-refractivity contribution is 7.99. The number of hydrogen-bond acceptors (Lipinski definition) is 7. The van der Waals surface area contributed by atoms with E-state index in [0.717, 1.165) is 5.03 Å². The lowest BCUT2D eigenvalue weighted by Crippen LogP contribution is -2.40. The summed E-state index contributed by atoms with van der Waals surface area (Å²) in [6.45, 7) is 2.08. The molecule has 0 radical (unpaired) electrons. The second kappa shape index (κ2) is 9.41. The molecule has 3 rings (SSSR count). The van der Waals surface area contributed by atoms with Gasteiger partial charge in [-0.15, -0.1) is 11.8 Å². The number of rotatable bonds is 8. The van der Waals surface area contributed by atoms with Gasteiger partial charge in [-0.2, -0.15) is 4.31 Å². The van der Waals surface area contributed by atoms with E-state index in [1.807, 2.05) is 24.3 Å². The van der Waals surface area contributed by atoms with Crippen LogP contribution in [0.5, 0.6) is 11.5 Å². The van der Waals surface area contributed by atoms with Gasteiger partial charge in [0.25, 0.3) is 0 Å². The summed E-state index contributed by atoms with van der Waals surface area (Å²) in [5, 5.41) is 0.750. The molecule has 9 heteroatoms. The lowest BCUT2D eigenvalue weighted by Gasteiger charge is -2.25. The van der Waals surface area contributed by atoms with Gasteiger partial charge in [-0.3, -0.25) is 0 Å². The first-order valence-electron chi connectivity index (χ1n) is 8.54. The fourth-order valence-corrected chi connectivity index (χ4v) is 4.60. The molecular formula is C18H22N2O5S2. The van der Waals surface area contributed by atoms with Crippen LogP contribution in [0.3, 0.4) is 0 Å². The number of hydrogen-bond donors (Lipinski definition) is 0. The van der Waals surface area contributed by atoms with Crippen molar-refractivity contribution < 1.29 is 22.6 Å². The molecule has 2 aromatic rings. The highest BCUT2D eigenvalue weighted by Gasteiger charge is 2.26. The summed E-state index contributed by atoms with van der Waals surface area (Å²) in [6, 6.07) is 10.8. The zero-order valence-electron chi connectivity index (χ0n) is 15.0. The maximum Gasteiger partial charge on any atom is 0.244 e. The Morgan fingerprint density at radius 1 is 1.15 bits per heavy atom. The normalized spacial score (nSPS) is 15.4. The van der Waals surface area contributed by atoms with Gasteiger partial charge in [0.15, 0.2) is 11.5 Å². The lowest BCUT2D eigenvalue weighted by molar-refractivity contribution is 0.0730. The Labute approximate surface area is 163 Å². The molecule has 0 aliphatic carbocycles. The number of morpholine rings is 1. The largest absolute Gasteiger partial charge is 0.493 e. The zero-order chi connectivity index (χ0) is 19.1. The first-order chi connectivity index (χ1) is 13.1. The molecule has 146 valence electrons. The molecule has 1 fully saturated rings. The summed E-state index contributed by atoms with van der Waals surface area (Å²) in [4.78, 5) is 4.47. The summed E-state index contributed by atoms with van der Waals surface area (Å²) in [5.74, 6) is 2.07. The number of aromatic nitrogens is 1. The van der Waals surface area contributed by atoms with Gasteiger partial charge in [0.1, 0.15) is 4.90 Å². The van der Waals surface area contributed by atoms with Crippen LogP contribution in [0.2, 0.25) is 0 Å². The Morgan fingerprint density at radius 3 is 2.56 bits per heavy atom. The minimum Gasteiger partial charge on any atom is -0.493 e. The van der Waals surface area contributed by atoms with E-state index in [9.17, 15) is 8.42 Å². The maximum atomic E-state index is 12.6. The number of sulfonamides is 1. The third kappa shape index (κ3) is 5.13. The van der Waals surface area contributed by atoms with E-state index in [-0.39, 0.29) is 4.90 Å². The average Bonchev–Trinajstić information content (AvgIpc) is 2.72. The van der Waals surface area contributed by atoms with E-state index in [1.165, 1.54) is 22.3 Å². The van der Waals surface area contributed by atoms with Crippen molar-refractivity contribution in [2.24, 2.45) is 0 Å². The van der Waals surface area contributed by atoms with Crippen LogP contribution in [0.15, 0.2) is 52.5 Å². The van der Waals surface area contributed by atoms with Gasteiger partial charge < -0.3 is 14.2 Å². The summed E-state index contributed by atoms with van der Waals surface area (Å²) < 4.78 is 42.7. The predicted molar refractivity (Wildman–Crippen MR) is 103 cm³/mol. The average molecular weight is 411 g/mol. The fraction of sp³-hybridized carbons (Fsp3) is 0.389. The molecule has 0 atom stereocenters. The molecular weight excluding hydrogens is 388 g/mol. The highest BCUT2D eigenvalue weighted by Crippen LogP contribution is 2.26. The number of methoxy groups -OCH3 is 1. The third-order valence-electron chi connectivity index (χ3n) is 3.98. The molecule has 0 N–H and O–H groups in total. The summed E-state index contributed by atoms with van der Waals surface area (Å²) >= 11 is 1.50. The van der Waals surface area contributed by atoms with Crippen LogP contribution < -0.4 is 9.47 Å². The molecule has 1 aliphatic rings. The van der Waals surface area contributed by atoms with Gasteiger partial charge in [-0.1, -0.05) is 12.1 Å². The van der Waals surface area contributed by atoms with Gasteiger partial charge in [-0.05, 0) is 24.3 Å². The van der Waals surface area contributed by atoms with Gasteiger partial charge >= 0.3 is 0 Å². The van der Waals surface area contributed by atoms with Crippen LogP contribution in [0.25, 0.3) is 0 Å². The van der Waals surface area contributed by atoms with Crippen molar-refractivity contribution in [2.45, 2.75) is 9.92 Å².